The van der Waals surface area contributed by atoms with Crippen molar-refractivity contribution in [1.82, 2.24) is 29.4 Å². The molecule has 4 heterocycles. The maximum absolute atomic E-state index is 13.1. The molecule has 2 aromatic rings. The number of carbonyl (C=O) groups excluding carboxylic acids is 1. The van der Waals surface area contributed by atoms with Gasteiger partial charge in [0.05, 0.1) is 11.7 Å². The van der Waals surface area contributed by atoms with Gasteiger partial charge in [-0.2, -0.15) is 5.10 Å². The second-order valence-electron chi connectivity index (χ2n) is 6.53. The fraction of sp³-hybridized carbons (Fsp3) is 0.625. The summed E-state index contributed by atoms with van der Waals surface area (Å²) in [4.78, 5) is 15.2. The van der Waals surface area contributed by atoms with Gasteiger partial charge in [0.25, 0.3) is 0 Å². The van der Waals surface area contributed by atoms with Gasteiger partial charge in [0.2, 0.25) is 5.91 Å². The summed E-state index contributed by atoms with van der Waals surface area (Å²) >= 11 is 0. The highest BCUT2D eigenvalue weighted by Gasteiger charge is 2.35. The van der Waals surface area contributed by atoms with Gasteiger partial charge in [-0.3, -0.25) is 9.48 Å². The molecule has 2 atom stereocenters. The molecule has 2 aliphatic heterocycles. The maximum atomic E-state index is 13.1. The molecule has 7 heteroatoms. The quantitative estimate of drug-likeness (QED) is 0.838. The van der Waals surface area contributed by atoms with Crippen LogP contribution in [-0.2, 0) is 24.8 Å². The van der Waals surface area contributed by atoms with Crippen LogP contribution in [0, 0.1) is 5.92 Å². The third kappa shape index (κ3) is 2.54. The predicted molar refractivity (Wildman–Crippen MR) is 83.3 cm³/mol. The van der Waals surface area contributed by atoms with Crippen molar-refractivity contribution in [1.29, 1.82) is 0 Å². The standard InChI is InChI=1S/C16H22N6O/c1-20-13(6-8-18-20)14-3-2-9-22(14)16(23)12-4-5-15-19-17-11-21(15)10-7-12/h6,8,11-12,14H,2-5,7,9-10H2,1H3. The van der Waals surface area contributed by atoms with Crippen LogP contribution in [0.4, 0.5) is 0 Å². The highest BCUT2D eigenvalue weighted by Crippen LogP contribution is 2.34. The Balaban J connectivity index is 1.50. The molecule has 1 saturated heterocycles. The Morgan fingerprint density at radius 1 is 1.26 bits per heavy atom. The summed E-state index contributed by atoms with van der Waals surface area (Å²) in [6.45, 7) is 1.69. The van der Waals surface area contributed by atoms with Crippen LogP contribution < -0.4 is 0 Å². The number of likely N-dealkylation sites (tertiary alicyclic amines) is 1. The van der Waals surface area contributed by atoms with Crippen LogP contribution in [0.15, 0.2) is 18.6 Å². The monoisotopic (exact) mass is 314 g/mol. The summed E-state index contributed by atoms with van der Waals surface area (Å²) in [6.07, 6.45) is 8.26. The summed E-state index contributed by atoms with van der Waals surface area (Å²) in [5, 5.41) is 12.4. The van der Waals surface area contributed by atoms with Crippen molar-refractivity contribution in [3.8, 4) is 0 Å². The molecule has 2 unspecified atom stereocenters. The van der Waals surface area contributed by atoms with Gasteiger partial charge in [-0.15, -0.1) is 10.2 Å². The molecule has 0 aliphatic carbocycles. The minimum Gasteiger partial charge on any atom is -0.334 e. The number of aromatic nitrogens is 5. The van der Waals surface area contributed by atoms with Gasteiger partial charge >= 0.3 is 0 Å². The Kier molecular flexibility index (Phi) is 3.63. The van der Waals surface area contributed by atoms with Crippen molar-refractivity contribution in [2.45, 2.75) is 44.7 Å². The molecule has 2 aromatic heterocycles. The van der Waals surface area contributed by atoms with Gasteiger partial charge < -0.3 is 9.47 Å². The molecule has 7 nitrogen and oxygen atoms in total. The second kappa shape index (κ2) is 5.79. The lowest BCUT2D eigenvalue weighted by Gasteiger charge is -2.28. The van der Waals surface area contributed by atoms with Gasteiger partial charge in [-0.05, 0) is 31.7 Å². The lowest BCUT2D eigenvalue weighted by Crippen LogP contribution is -2.36. The van der Waals surface area contributed by atoms with E-state index in [4.69, 9.17) is 0 Å². The van der Waals surface area contributed by atoms with Crippen molar-refractivity contribution in [3.63, 3.8) is 0 Å². The highest BCUT2D eigenvalue weighted by atomic mass is 16.2. The van der Waals surface area contributed by atoms with E-state index in [0.29, 0.717) is 5.91 Å². The summed E-state index contributed by atoms with van der Waals surface area (Å²) in [5.74, 6) is 1.39. The number of aryl methyl sites for hydroxylation is 3. The fourth-order valence-electron chi connectivity index (χ4n) is 3.93. The first-order valence-electron chi connectivity index (χ1n) is 8.39. The Hall–Kier alpha value is -2.18. The Morgan fingerprint density at radius 2 is 2.17 bits per heavy atom. The largest absolute Gasteiger partial charge is 0.334 e. The van der Waals surface area contributed by atoms with E-state index in [2.05, 4.69) is 24.8 Å². The van der Waals surface area contributed by atoms with E-state index < -0.39 is 0 Å². The van der Waals surface area contributed by atoms with E-state index in [1.165, 1.54) is 0 Å². The first-order chi connectivity index (χ1) is 11.2. The molecule has 0 radical (unpaired) electrons. The van der Waals surface area contributed by atoms with Crippen molar-refractivity contribution < 1.29 is 4.79 Å². The van der Waals surface area contributed by atoms with Crippen LogP contribution in [0.2, 0.25) is 0 Å². The zero-order valence-corrected chi connectivity index (χ0v) is 13.4. The fourth-order valence-corrected chi connectivity index (χ4v) is 3.93. The molecule has 0 spiro atoms. The second-order valence-corrected chi connectivity index (χ2v) is 6.53. The first-order valence-corrected chi connectivity index (χ1v) is 8.39. The molecule has 23 heavy (non-hydrogen) atoms. The third-order valence-electron chi connectivity index (χ3n) is 5.22. The van der Waals surface area contributed by atoms with E-state index in [1.807, 2.05) is 24.0 Å². The number of fused-ring (bicyclic) bond motifs is 1. The van der Waals surface area contributed by atoms with E-state index >= 15 is 0 Å². The predicted octanol–water partition coefficient (Wildman–Crippen LogP) is 1.33. The van der Waals surface area contributed by atoms with Gasteiger partial charge in [-0.1, -0.05) is 0 Å². The smallest absolute Gasteiger partial charge is 0.226 e. The summed E-state index contributed by atoms with van der Waals surface area (Å²) in [7, 11) is 1.95. The summed E-state index contributed by atoms with van der Waals surface area (Å²) in [6, 6.07) is 2.21. The van der Waals surface area contributed by atoms with Crippen LogP contribution in [0.25, 0.3) is 0 Å². The number of nitrogens with zero attached hydrogens (tertiary/aromatic N) is 6. The van der Waals surface area contributed by atoms with E-state index in [-0.39, 0.29) is 12.0 Å². The molecular weight excluding hydrogens is 292 g/mol. The van der Waals surface area contributed by atoms with E-state index in [9.17, 15) is 4.79 Å². The van der Waals surface area contributed by atoms with Crippen molar-refractivity contribution >= 4 is 5.91 Å². The van der Waals surface area contributed by atoms with E-state index in [1.54, 1.807) is 6.33 Å². The van der Waals surface area contributed by atoms with Gasteiger partial charge in [0, 0.05) is 38.7 Å². The highest BCUT2D eigenvalue weighted by molar-refractivity contribution is 5.79. The molecule has 0 bridgehead atoms. The molecule has 122 valence electrons. The average molecular weight is 314 g/mol. The molecule has 1 amide bonds. The van der Waals surface area contributed by atoms with Crippen molar-refractivity contribution in [2.75, 3.05) is 6.54 Å². The molecule has 1 fully saturated rings. The average Bonchev–Trinajstić information content (AvgIpc) is 3.25. The molecule has 0 aromatic carbocycles. The summed E-state index contributed by atoms with van der Waals surface area (Å²) in [5.41, 5.74) is 1.14. The van der Waals surface area contributed by atoms with Crippen LogP contribution in [0.3, 0.4) is 0 Å². The Bertz CT molecular complexity index is 682. The molecule has 4 rings (SSSR count). The molecule has 0 saturated carbocycles. The van der Waals surface area contributed by atoms with Crippen LogP contribution in [0.5, 0.6) is 0 Å². The molecule has 2 aliphatic rings. The maximum Gasteiger partial charge on any atom is 0.226 e. The van der Waals surface area contributed by atoms with Crippen molar-refractivity contribution in [3.05, 3.63) is 30.1 Å². The first kappa shape index (κ1) is 14.4. The number of hydrogen-bond donors (Lipinski definition) is 0. The third-order valence-corrected chi connectivity index (χ3v) is 5.22. The Labute approximate surface area is 135 Å². The van der Waals surface area contributed by atoms with Crippen LogP contribution in [0.1, 0.15) is 43.2 Å². The van der Waals surface area contributed by atoms with Gasteiger partial charge in [0.1, 0.15) is 12.2 Å². The normalized spacial score (nSPS) is 24.5. The number of hydrogen-bond acceptors (Lipinski definition) is 4. The van der Waals surface area contributed by atoms with Gasteiger partial charge in [0.15, 0.2) is 0 Å². The van der Waals surface area contributed by atoms with Gasteiger partial charge in [-0.25, -0.2) is 0 Å². The van der Waals surface area contributed by atoms with Crippen LogP contribution in [-0.4, -0.2) is 41.9 Å². The van der Waals surface area contributed by atoms with Crippen molar-refractivity contribution in [2.24, 2.45) is 13.0 Å². The topological polar surface area (TPSA) is 68.8 Å². The van der Waals surface area contributed by atoms with Crippen LogP contribution >= 0.6 is 0 Å². The Morgan fingerprint density at radius 3 is 3.00 bits per heavy atom. The number of rotatable bonds is 2. The minimum atomic E-state index is 0.0885. The summed E-state index contributed by atoms with van der Waals surface area (Å²) < 4.78 is 3.97. The zero-order valence-electron chi connectivity index (χ0n) is 13.4. The number of amides is 1. The molecule has 0 N–H and O–H groups in total. The zero-order chi connectivity index (χ0) is 15.8. The SMILES string of the molecule is Cn1nccc1C1CCCN1C(=O)C1CCc2nncn2CC1. The lowest BCUT2D eigenvalue weighted by molar-refractivity contribution is -0.137. The number of carbonyl (C=O) groups is 1. The lowest BCUT2D eigenvalue weighted by atomic mass is 9.98. The van der Waals surface area contributed by atoms with E-state index in [0.717, 1.165) is 56.7 Å². The minimum absolute atomic E-state index is 0.0885. The molecular formula is C16H22N6O.